The van der Waals surface area contributed by atoms with Crippen LogP contribution in [0.5, 0.6) is 0 Å². The molecule has 1 N–H and O–H groups in total. The number of cyclic esters (lactones) is 1. The molecule has 0 amide bonds. The Morgan fingerprint density at radius 2 is 2.00 bits per heavy atom. The van der Waals surface area contributed by atoms with Gasteiger partial charge in [0.05, 0.1) is 6.08 Å². The van der Waals surface area contributed by atoms with E-state index < -0.39 is 11.6 Å². The van der Waals surface area contributed by atoms with Crippen molar-refractivity contribution in [3.63, 3.8) is 0 Å². The summed E-state index contributed by atoms with van der Waals surface area (Å²) in [7, 11) is 0. The molecule has 0 spiro atoms. The highest BCUT2D eigenvalue weighted by molar-refractivity contribution is 5.83. The van der Waals surface area contributed by atoms with Crippen LogP contribution in [-0.4, -0.2) is 16.7 Å². The van der Waals surface area contributed by atoms with Gasteiger partial charge in [-0.3, -0.25) is 0 Å². The summed E-state index contributed by atoms with van der Waals surface area (Å²) in [6.45, 7) is 2.02. The second-order valence-corrected chi connectivity index (χ2v) is 5.29. The van der Waals surface area contributed by atoms with E-state index in [-0.39, 0.29) is 11.6 Å². The topological polar surface area (TPSA) is 46.5 Å². The number of rotatable bonds is 5. The Morgan fingerprint density at radius 3 is 2.60 bits per heavy atom. The van der Waals surface area contributed by atoms with Gasteiger partial charge in [-0.05, 0) is 37.0 Å². The van der Waals surface area contributed by atoms with Crippen molar-refractivity contribution in [3.05, 3.63) is 47.5 Å². The number of hydrogen-bond acceptors (Lipinski definition) is 3. The predicted molar refractivity (Wildman–Crippen MR) is 73.8 cm³/mol. The van der Waals surface area contributed by atoms with Crippen molar-refractivity contribution in [3.8, 4) is 0 Å². The van der Waals surface area contributed by atoms with Crippen LogP contribution >= 0.6 is 0 Å². The Morgan fingerprint density at radius 1 is 1.30 bits per heavy atom. The minimum atomic E-state index is -0.640. The summed E-state index contributed by atoms with van der Waals surface area (Å²) in [5.41, 5.74) is 0.353. The molecule has 1 heterocycles. The summed E-state index contributed by atoms with van der Waals surface area (Å²) in [4.78, 5) is 11.5. The Balaban J connectivity index is 2.08. The standard InChI is InChI=1S/C16H19FO3/c1-2-8-16(11-14(18)10-15(19)20-16)9-7-12-3-5-13(17)6-4-12/h3-6,10,18H,2,7-9,11H2,1H3. The third-order valence-electron chi connectivity index (χ3n) is 3.59. The van der Waals surface area contributed by atoms with E-state index in [0.29, 0.717) is 25.7 Å². The fraction of sp³-hybridized carbons (Fsp3) is 0.438. The average Bonchev–Trinajstić information content (AvgIpc) is 2.37. The molecule has 0 radical (unpaired) electrons. The summed E-state index contributed by atoms with van der Waals surface area (Å²) in [6.07, 6.45) is 4.36. The highest BCUT2D eigenvalue weighted by Crippen LogP contribution is 2.34. The number of aliphatic hydroxyl groups excluding tert-OH is 1. The van der Waals surface area contributed by atoms with Crippen molar-refractivity contribution in [2.45, 2.75) is 44.6 Å². The molecule has 0 fully saturated rings. The van der Waals surface area contributed by atoms with Crippen LogP contribution in [0.1, 0.15) is 38.2 Å². The molecule has 2 rings (SSSR count). The number of esters is 1. The van der Waals surface area contributed by atoms with Gasteiger partial charge in [0.2, 0.25) is 0 Å². The Labute approximate surface area is 118 Å². The van der Waals surface area contributed by atoms with Gasteiger partial charge < -0.3 is 9.84 Å². The van der Waals surface area contributed by atoms with Gasteiger partial charge in [0, 0.05) is 6.42 Å². The SMILES string of the molecule is CCCC1(CCc2ccc(F)cc2)CC(O)=CC(=O)O1. The molecule has 1 unspecified atom stereocenters. The van der Waals surface area contributed by atoms with Gasteiger partial charge in [0.25, 0.3) is 0 Å². The third kappa shape index (κ3) is 3.59. The van der Waals surface area contributed by atoms with E-state index in [2.05, 4.69) is 0 Å². The van der Waals surface area contributed by atoms with Crippen LogP contribution in [0, 0.1) is 5.82 Å². The molecule has 4 heteroatoms. The minimum absolute atomic E-state index is 0.0776. The van der Waals surface area contributed by atoms with Crippen molar-refractivity contribution in [1.29, 1.82) is 0 Å². The van der Waals surface area contributed by atoms with Crippen LogP contribution < -0.4 is 0 Å². The lowest BCUT2D eigenvalue weighted by Crippen LogP contribution is -2.38. The highest BCUT2D eigenvalue weighted by Gasteiger charge is 2.37. The molecule has 1 aromatic rings. The van der Waals surface area contributed by atoms with E-state index >= 15 is 0 Å². The molecule has 3 nitrogen and oxygen atoms in total. The molecular weight excluding hydrogens is 259 g/mol. The van der Waals surface area contributed by atoms with E-state index in [1.807, 2.05) is 6.92 Å². The molecule has 0 saturated heterocycles. The largest absolute Gasteiger partial charge is 0.512 e. The molecule has 1 aromatic carbocycles. The van der Waals surface area contributed by atoms with Crippen molar-refractivity contribution < 1.29 is 19.0 Å². The van der Waals surface area contributed by atoms with Crippen LogP contribution in [0.3, 0.4) is 0 Å². The molecule has 1 atom stereocenters. The lowest BCUT2D eigenvalue weighted by Gasteiger charge is -2.35. The fourth-order valence-corrected chi connectivity index (χ4v) is 2.68. The Bertz CT molecular complexity index is 507. The lowest BCUT2D eigenvalue weighted by molar-refractivity contribution is -0.158. The molecule has 0 bridgehead atoms. The van der Waals surface area contributed by atoms with Gasteiger partial charge in [-0.2, -0.15) is 0 Å². The van der Waals surface area contributed by atoms with Crippen molar-refractivity contribution in [2.75, 3.05) is 0 Å². The number of aliphatic hydroxyl groups is 1. The first-order valence-electron chi connectivity index (χ1n) is 6.90. The number of ether oxygens (including phenoxy) is 1. The van der Waals surface area contributed by atoms with Gasteiger partial charge in [-0.15, -0.1) is 0 Å². The monoisotopic (exact) mass is 278 g/mol. The summed E-state index contributed by atoms with van der Waals surface area (Å²) < 4.78 is 18.4. The van der Waals surface area contributed by atoms with Crippen LogP contribution in [0.25, 0.3) is 0 Å². The highest BCUT2D eigenvalue weighted by atomic mass is 19.1. The number of hydrogen-bond donors (Lipinski definition) is 1. The van der Waals surface area contributed by atoms with Crippen molar-refractivity contribution in [1.82, 2.24) is 0 Å². The Hall–Kier alpha value is -1.84. The van der Waals surface area contributed by atoms with Gasteiger partial charge in [-0.25, -0.2) is 9.18 Å². The normalized spacial score (nSPS) is 22.3. The molecule has 0 saturated carbocycles. The summed E-state index contributed by atoms with van der Waals surface area (Å²) in [5.74, 6) is -0.670. The number of carbonyl (C=O) groups is 1. The van der Waals surface area contributed by atoms with Crippen LogP contribution in [0.15, 0.2) is 36.1 Å². The van der Waals surface area contributed by atoms with Crippen LogP contribution in [0.2, 0.25) is 0 Å². The zero-order valence-corrected chi connectivity index (χ0v) is 11.6. The quantitative estimate of drug-likeness (QED) is 0.836. The average molecular weight is 278 g/mol. The van der Waals surface area contributed by atoms with Crippen LogP contribution in [0.4, 0.5) is 4.39 Å². The van der Waals surface area contributed by atoms with Gasteiger partial charge in [-0.1, -0.05) is 25.5 Å². The van der Waals surface area contributed by atoms with E-state index in [4.69, 9.17) is 4.74 Å². The number of benzene rings is 1. The number of halogens is 1. The van der Waals surface area contributed by atoms with E-state index in [1.54, 1.807) is 12.1 Å². The Kier molecular flexibility index (Phi) is 4.42. The van der Waals surface area contributed by atoms with Gasteiger partial charge in [0.1, 0.15) is 17.2 Å². The minimum Gasteiger partial charge on any atom is -0.512 e. The predicted octanol–water partition coefficient (Wildman–Crippen LogP) is 3.69. The molecule has 0 aliphatic carbocycles. The van der Waals surface area contributed by atoms with Crippen molar-refractivity contribution >= 4 is 5.97 Å². The van der Waals surface area contributed by atoms with Gasteiger partial charge in [0.15, 0.2) is 0 Å². The summed E-state index contributed by atoms with van der Waals surface area (Å²) >= 11 is 0. The maximum absolute atomic E-state index is 12.9. The maximum Gasteiger partial charge on any atom is 0.334 e. The molecular formula is C16H19FO3. The molecule has 108 valence electrons. The molecule has 1 aliphatic rings. The number of carbonyl (C=O) groups excluding carboxylic acids is 1. The first kappa shape index (κ1) is 14.6. The zero-order chi connectivity index (χ0) is 14.6. The molecule has 20 heavy (non-hydrogen) atoms. The summed E-state index contributed by atoms with van der Waals surface area (Å²) in [6, 6.07) is 6.31. The zero-order valence-electron chi connectivity index (χ0n) is 11.6. The molecule has 1 aliphatic heterocycles. The lowest BCUT2D eigenvalue weighted by atomic mass is 9.85. The maximum atomic E-state index is 12.9. The smallest absolute Gasteiger partial charge is 0.334 e. The number of aryl methyl sites for hydroxylation is 1. The first-order valence-corrected chi connectivity index (χ1v) is 6.90. The van der Waals surface area contributed by atoms with Gasteiger partial charge >= 0.3 is 5.97 Å². The first-order chi connectivity index (χ1) is 9.53. The summed E-state index contributed by atoms with van der Waals surface area (Å²) in [5, 5.41) is 9.69. The van der Waals surface area contributed by atoms with E-state index in [1.165, 1.54) is 12.1 Å². The van der Waals surface area contributed by atoms with E-state index in [0.717, 1.165) is 18.1 Å². The van der Waals surface area contributed by atoms with E-state index in [9.17, 15) is 14.3 Å². The second-order valence-electron chi connectivity index (χ2n) is 5.29. The van der Waals surface area contributed by atoms with Crippen molar-refractivity contribution in [2.24, 2.45) is 0 Å². The molecule has 0 aromatic heterocycles. The third-order valence-corrected chi connectivity index (χ3v) is 3.59. The van der Waals surface area contributed by atoms with Crippen LogP contribution in [-0.2, 0) is 16.0 Å². The second kappa shape index (κ2) is 6.07. The fourth-order valence-electron chi connectivity index (χ4n) is 2.68.